The summed E-state index contributed by atoms with van der Waals surface area (Å²) in [6, 6.07) is 4.72. The lowest BCUT2D eigenvalue weighted by atomic mass is 9.97. The summed E-state index contributed by atoms with van der Waals surface area (Å²) >= 11 is 9.21. The molecule has 0 aliphatic heterocycles. The maximum absolute atomic E-state index is 12.0. The molecule has 1 amide bonds. The van der Waals surface area contributed by atoms with Gasteiger partial charge in [0.25, 0.3) is 0 Å². The second-order valence-electron chi connectivity index (χ2n) is 3.63. The van der Waals surface area contributed by atoms with Gasteiger partial charge in [-0.1, -0.05) is 11.6 Å². The van der Waals surface area contributed by atoms with E-state index < -0.39 is 17.6 Å². The highest BCUT2D eigenvalue weighted by Gasteiger charge is 2.27. The van der Waals surface area contributed by atoms with E-state index in [-0.39, 0.29) is 5.56 Å². The lowest BCUT2D eigenvalue weighted by molar-refractivity contribution is -0.121. The van der Waals surface area contributed by atoms with E-state index in [1.165, 1.54) is 13.1 Å². The van der Waals surface area contributed by atoms with E-state index in [2.05, 4.69) is 21.2 Å². The van der Waals surface area contributed by atoms with E-state index >= 15 is 0 Å². The molecule has 1 N–H and O–H groups in total. The van der Waals surface area contributed by atoms with Crippen molar-refractivity contribution in [1.29, 1.82) is 5.26 Å². The quantitative estimate of drug-likeness (QED) is 0.684. The fourth-order valence-corrected chi connectivity index (χ4v) is 1.91. The number of hydrogen-bond acceptors (Lipinski definition) is 3. The third kappa shape index (κ3) is 2.89. The highest BCUT2D eigenvalue weighted by molar-refractivity contribution is 9.10. The molecule has 0 aromatic heterocycles. The summed E-state index contributed by atoms with van der Waals surface area (Å²) in [5.74, 6) is -2.54. The van der Waals surface area contributed by atoms with Crippen molar-refractivity contribution in [3.05, 3.63) is 32.8 Å². The number of hydrogen-bond donors (Lipinski definition) is 1. The van der Waals surface area contributed by atoms with Crippen LogP contribution < -0.4 is 5.32 Å². The van der Waals surface area contributed by atoms with Crippen LogP contribution in [-0.4, -0.2) is 18.7 Å². The zero-order valence-corrected chi connectivity index (χ0v) is 12.1. The Hall–Kier alpha value is -1.38. The summed E-state index contributed by atoms with van der Waals surface area (Å²) in [6.07, 6.45) is 0. The average Bonchev–Trinajstić information content (AvgIpc) is 2.35. The molecule has 0 saturated carbocycles. The van der Waals surface area contributed by atoms with Gasteiger partial charge >= 0.3 is 0 Å². The Morgan fingerprint density at radius 2 is 2.11 bits per heavy atom. The van der Waals surface area contributed by atoms with Crippen LogP contribution in [0, 0.1) is 24.2 Å². The summed E-state index contributed by atoms with van der Waals surface area (Å²) in [6.45, 7) is 1.77. The molecule has 1 aromatic rings. The summed E-state index contributed by atoms with van der Waals surface area (Å²) < 4.78 is 0.689. The average molecular weight is 330 g/mol. The van der Waals surface area contributed by atoms with Gasteiger partial charge in [0.2, 0.25) is 5.91 Å². The molecule has 0 fully saturated rings. The second kappa shape index (κ2) is 5.98. The molecule has 0 heterocycles. The first kappa shape index (κ1) is 14.7. The Morgan fingerprint density at radius 1 is 1.50 bits per heavy atom. The topological polar surface area (TPSA) is 70.0 Å². The molecule has 6 heteroatoms. The Kier molecular flexibility index (Phi) is 4.88. The van der Waals surface area contributed by atoms with Crippen LogP contribution in [0.5, 0.6) is 0 Å². The maximum Gasteiger partial charge on any atom is 0.245 e. The van der Waals surface area contributed by atoms with E-state index in [0.29, 0.717) is 9.50 Å². The van der Waals surface area contributed by atoms with Gasteiger partial charge in [0.1, 0.15) is 0 Å². The summed E-state index contributed by atoms with van der Waals surface area (Å²) in [7, 11) is 1.37. The summed E-state index contributed by atoms with van der Waals surface area (Å²) in [4.78, 5) is 23.4. The largest absolute Gasteiger partial charge is 0.358 e. The molecule has 18 heavy (non-hydrogen) atoms. The van der Waals surface area contributed by atoms with Crippen molar-refractivity contribution in [3.63, 3.8) is 0 Å². The number of carbonyl (C=O) groups excluding carboxylic acids is 2. The highest BCUT2D eigenvalue weighted by atomic mass is 79.9. The number of benzene rings is 1. The molecular formula is C12H10BrClN2O2. The van der Waals surface area contributed by atoms with Gasteiger partial charge < -0.3 is 5.32 Å². The number of ketones is 1. The minimum atomic E-state index is -1.35. The summed E-state index contributed by atoms with van der Waals surface area (Å²) in [5, 5.41) is 11.5. The molecule has 1 atom stereocenters. The van der Waals surface area contributed by atoms with Crippen LogP contribution in [0.2, 0.25) is 5.02 Å². The van der Waals surface area contributed by atoms with Gasteiger partial charge in [0.15, 0.2) is 11.7 Å². The Labute approximate surface area is 118 Å². The molecule has 94 valence electrons. The molecule has 0 saturated heterocycles. The second-order valence-corrected chi connectivity index (χ2v) is 4.83. The predicted octanol–water partition coefficient (Wildman–Crippen LogP) is 2.48. The van der Waals surface area contributed by atoms with Crippen molar-refractivity contribution in [3.8, 4) is 6.07 Å². The van der Waals surface area contributed by atoms with Gasteiger partial charge in [-0.3, -0.25) is 9.59 Å². The Balaban J connectivity index is 3.19. The number of rotatable bonds is 3. The fourth-order valence-electron chi connectivity index (χ4n) is 1.42. The van der Waals surface area contributed by atoms with Crippen LogP contribution >= 0.6 is 27.5 Å². The van der Waals surface area contributed by atoms with Crippen LogP contribution in [0.1, 0.15) is 15.9 Å². The summed E-state index contributed by atoms with van der Waals surface area (Å²) in [5.41, 5.74) is 1.01. The van der Waals surface area contributed by atoms with E-state index in [1.54, 1.807) is 19.1 Å². The first-order valence-electron chi connectivity index (χ1n) is 5.03. The minimum Gasteiger partial charge on any atom is -0.358 e. The first-order chi connectivity index (χ1) is 8.42. The Bertz CT molecular complexity index is 528. The van der Waals surface area contributed by atoms with Crippen LogP contribution in [0.3, 0.4) is 0 Å². The zero-order chi connectivity index (χ0) is 13.9. The zero-order valence-electron chi connectivity index (χ0n) is 9.75. The number of nitrogens with one attached hydrogen (secondary N) is 1. The lowest BCUT2D eigenvalue weighted by Crippen LogP contribution is -2.32. The molecule has 0 radical (unpaired) electrons. The van der Waals surface area contributed by atoms with E-state index in [1.807, 2.05) is 0 Å². The van der Waals surface area contributed by atoms with E-state index in [0.717, 1.165) is 5.56 Å². The predicted molar refractivity (Wildman–Crippen MR) is 71.4 cm³/mol. The van der Waals surface area contributed by atoms with Gasteiger partial charge in [-0.15, -0.1) is 0 Å². The van der Waals surface area contributed by atoms with Gasteiger partial charge in [0.05, 0.1) is 11.1 Å². The number of nitriles is 1. The fraction of sp³-hybridized carbons (Fsp3) is 0.250. The van der Waals surface area contributed by atoms with Crippen LogP contribution in [0.25, 0.3) is 0 Å². The van der Waals surface area contributed by atoms with Crippen molar-refractivity contribution in [1.82, 2.24) is 5.32 Å². The SMILES string of the molecule is CNC(=O)[C@@H](C#N)C(=O)c1cc(C)c(Br)c(Cl)c1. The van der Waals surface area contributed by atoms with E-state index in [4.69, 9.17) is 16.9 Å². The van der Waals surface area contributed by atoms with Gasteiger partial charge in [-0.2, -0.15) is 5.26 Å². The lowest BCUT2D eigenvalue weighted by Gasteiger charge is -2.09. The maximum atomic E-state index is 12.0. The van der Waals surface area contributed by atoms with Crippen LogP contribution in [0.4, 0.5) is 0 Å². The normalized spacial score (nSPS) is 11.5. The standard InChI is InChI=1S/C12H10BrClN2O2/c1-6-3-7(4-9(14)10(6)13)11(17)8(5-15)12(18)16-2/h3-4,8H,1-2H3,(H,16,18)/t8-/m0/s1. The monoisotopic (exact) mass is 328 g/mol. The number of Topliss-reactive ketones (excluding diaryl/α,β-unsaturated/α-hetero) is 1. The smallest absolute Gasteiger partial charge is 0.245 e. The highest BCUT2D eigenvalue weighted by Crippen LogP contribution is 2.28. The molecule has 1 aromatic carbocycles. The molecule has 0 spiro atoms. The first-order valence-corrected chi connectivity index (χ1v) is 6.20. The number of amides is 1. The van der Waals surface area contributed by atoms with Crippen molar-refractivity contribution >= 4 is 39.2 Å². The van der Waals surface area contributed by atoms with Crippen LogP contribution in [-0.2, 0) is 4.79 Å². The molecular weight excluding hydrogens is 320 g/mol. The Morgan fingerprint density at radius 3 is 2.56 bits per heavy atom. The van der Waals surface area contributed by atoms with Gasteiger partial charge in [-0.25, -0.2) is 0 Å². The van der Waals surface area contributed by atoms with Crippen molar-refractivity contribution in [2.75, 3.05) is 7.05 Å². The van der Waals surface area contributed by atoms with Crippen molar-refractivity contribution in [2.45, 2.75) is 6.92 Å². The number of aryl methyl sites for hydroxylation is 1. The minimum absolute atomic E-state index is 0.246. The van der Waals surface area contributed by atoms with E-state index in [9.17, 15) is 9.59 Å². The van der Waals surface area contributed by atoms with Gasteiger partial charge in [0, 0.05) is 17.1 Å². The number of carbonyl (C=O) groups is 2. The van der Waals surface area contributed by atoms with Crippen molar-refractivity contribution in [2.24, 2.45) is 5.92 Å². The van der Waals surface area contributed by atoms with Gasteiger partial charge in [-0.05, 0) is 40.5 Å². The number of nitrogens with zero attached hydrogens (tertiary/aromatic N) is 1. The molecule has 0 aliphatic carbocycles. The third-order valence-corrected chi connectivity index (χ3v) is 3.97. The van der Waals surface area contributed by atoms with Crippen molar-refractivity contribution < 1.29 is 9.59 Å². The molecule has 4 nitrogen and oxygen atoms in total. The molecule has 0 aliphatic rings. The molecule has 0 bridgehead atoms. The third-order valence-electron chi connectivity index (χ3n) is 2.39. The number of halogens is 2. The molecule has 0 unspecified atom stereocenters. The van der Waals surface area contributed by atoms with Crippen LogP contribution in [0.15, 0.2) is 16.6 Å². The molecule has 1 rings (SSSR count).